The summed E-state index contributed by atoms with van der Waals surface area (Å²) in [5, 5.41) is 11.4. The highest BCUT2D eigenvalue weighted by atomic mass is 16.6. The summed E-state index contributed by atoms with van der Waals surface area (Å²) >= 11 is 0. The molecule has 0 radical (unpaired) electrons. The fourth-order valence-corrected chi connectivity index (χ4v) is 4.50. The van der Waals surface area contributed by atoms with Crippen molar-refractivity contribution in [1.82, 2.24) is 9.80 Å². The normalized spacial score (nSPS) is 17.2. The lowest BCUT2D eigenvalue weighted by molar-refractivity contribution is -0.384. The summed E-state index contributed by atoms with van der Waals surface area (Å²) in [6.07, 6.45) is 2.06. The van der Waals surface area contributed by atoms with Crippen molar-refractivity contribution >= 4 is 23.2 Å². The van der Waals surface area contributed by atoms with E-state index < -0.39 is 4.92 Å². The first-order chi connectivity index (χ1) is 15.8. The molecule has 0 spiro atoms. The molecule has 2 saturated heterocycles. The minimum Gasteiger partial charge on any atom is -0.371 e. The smallest absolute Gasteiger partial charge is 0.270 e. The third-order valence-corrected chi connectivity index (χ3v) is 6.70. The van der Waals surface area contributed by atoms with Gasteiger partial charge in [0, 0.05) is 57.0 Å². The highest BCUT2D eigenvalue weighted by Gasteiger charge is 2.29. The predicted molar refractivity (Wildman–Crippen MR) is 127 cm³/mol. The molecule has 2 aliphatic heterocycles. The second-order valence-electron chi connectivity index (χ2n) is 9.08. The monoisotopic (exact) mass is 450 g/mol. The van der Waals surface area contributed by atoms with Gasteiger partial charge >= 0.3 is 0 Å². The lowest BCUT2D eigenvalue weighted by Crippen LogP contribution is -2.50. The van der Waals surface area contributed by atoms with E-state index in [1.165, 1.54) is 12.1 Å². The van der Waals surface area contributed by atoms with Crippen LogP contribution in [0.2, 0.25) is 0 Å². The van der Waals surface area contributed by atoms with E-state index in [0.29, 0.717) is 43.2 Å². The Labute approximate surface area is 193 Å². The molecule has 4 rings (SSSR count). The number of nitrogens with zero attached hydrogens (tertiary/aromatic N) is 4. The Morgan fingerprint density at radius 3 is 2.03 bits per heavy atom. The van der Waals surface area contributed by atoms with Crippen molar-refractivity contribution in [2.24, 2.45) is 5.92 Å². The number of carbonyl (C=O) groups excluding carboxylic acids is 2. The zero-order valence-corrected chi connectivity index (χ0v) is 19.2. The predicted octanol–water partition coefficient (Wildman–Crippen LogP) is 3.74. The van der Waals surface area contributed by atoms with Crippen LogP contribution in [0.15, 0.2) is 42.5 Å². The molecule has 8 heteroatoms. The summed E-state index contributed by atoms with van der Waals surface area (Å²) in [6, 6.07) is 12.1. The Hall–Kier alpha value is -3.42. The number of piperidine rings is 1. The van der Waals surface area contributed by atoms with E-state index in [4.69, 9.17) is 0 Å². The molecule has 0 N–H and O–H groups in total. The molecule has 8 nitrogen and oxygen atoms in total. The fourth-order valence-electron chi connectivity index (χ4n) is 4.50. The maximum Gasteiger partial charge on any atom is 0.270 e. The fraction of sp³-hybridized carbons (Fsp3) is 0.440. The number of nitro benzene ring substituents is 1. The second-order valence-corrected chi connectivity index (χ2v) is 9.08. The first-order valence-corrected chi connectivity index (χ1v) is 11.5. The maximum atomic E-state index is 13.5. The number of hydrogen-bond donors (Lipinski definition) is 0. The van der Waals surface area contributed by atoms with Crippen molar-refractivity contribution in [2.75, 3.05) is 44.2 Å². The van der Waals surface area contributed by atoms with Crippen LogP contribution in [-0.4, -0.2) is 65.8 Å². The van der Waals surface area contributed by atoms with Gasteiger partial charge in [-0.25, -0.2) is 0 Å². The molecule has 2 aromatic carbocycles. The number of aryl methyl sites for hydroxylation is 1. The molecule has 0 atom stereocenters. The van der Waals surface area contributed by atoms with Crippen LogP contribution in [-0.2, 0) is 0 Å². The molecule has 2 aliphatic rings. The number of amides is 2. The number of anilines is 1. The summed E-state index contributed by atoms with van der Waals surface area (Å²) in [5.74, 6) is 0.382. The van der Waals surface area contributed by atoms with Crippen molar-refractivity contribution in [3.8, 4) is 0 Å². The van der Waals surface area contributed by atoms with Crippen molar-refractivity contribution in [3.63, 3.8) is 0 Å². The Morgan fingerprint density at radius 1 is 0.879 bits per heavy atom. The van der Waals surface area contributed by atoms with Crippen molar-refractivity contribution < 1.29 is 14.5 Å². The van der Waals surface area contributed by atoms with Gasteiger partial charge in [-0.15, -0.1) is 0 Å². The van der Waals surface area contributed by atoms with Crippen LogP contribution < -0.4 is 4.90 Å². The van der Waals surface area contributed by atoms with Gasteiger partial charge in [-0.1, -0.05) is 24.6 Å². The van der Waals surface area contributed by atoms with E-state index in [9.17, 15) is 19.7 Å². The van der Waals surface area contributed by atoms with E-state index in [-0.39, 0.29) is 17.5 Å². The van der Waals surface area contributed by atoms with Gasteiger partial charge in [0.05, 0.1) is 16.2 Å². The Bertz CT molecular complexity index is 1040. The molecule has 0 bridgehead atoms. The van der Waals surface area contributed by atoms with Gasteiger partial charge in [0.25, 0.3) is 17.5 Å². The van der Waals surface area contributed by atoms with E-state index in [2.05, 4.69) is 11.8 Å². The van der Waals surface area contributed by atoms with Gasteiger partial charge < -0.3 is 14.7 Å². The van der Waals surface area contributed by atoms with Gasteiger partial charge in [-0.05, 0) is 43.9 Å². The number of benzene rings is 2. The third-order valence-electron chi connectivity index (χ3n) is 6.70. The number of rotatable bonds is 4. The number of hydrogen-bond acceptors (Lipinski definition) is 5. The van der Waals surface area contributed by atoms with Crippen LogP contribution in [0.5, 0.6) is 0 Å². The van der Waals surface area contributed by atoms with Crippen molar-refractivity contribution in [1.29, 1.82) is 0 Å². The van der Waals surface area contributed by atoms with Crippen LogP contribution in [0.1, 0.15) is 46.0 Å². The van der Waals surface area contributed by atoms with E-state index in [0.717, 1.165) is 37.2 Å². The molecule has 0 aromatic heterocycles. The van der Waals surface area contributed by atoms with Gasteiger partial charge in [0.15, 0.2) is 0 Å². The van der Waals surface area contributed by atoms with Crippen LogP contribution >= 0.6 is 0 Å². The van der Waals surface area contributed by atoms with Gasteiger partial charge in [-0.3, -0.25) is 19.7 Å². The van der Waals surface area contributed by atoms with Gasteiger partial charge in [-0.2, -0.15) is 0 Å². The van der Waals surface area contributed by atoms with E-state index >= 15 is 0 Å². The highest BCUT2D eigenvalue weighted by molar-refractivity contribution is 6.01. The molecule has 2 aromatic rings. The summed E-state index contributed by atoms with van der Waals surface area (Å²) in [4.78, 5) is 42.8. The zero-order chi connectivity index (χ0) is 23.5. The number of carbonyl (C=O) groups is 2. The molecular weight excluding hydrogens is 420 g/mol. The summed E-state index contributed by atoms with van der Waals surface area (Å²) < 4.78 is 0. The lowest BCUT2D eigenvalue weighted by atomic mass is 9.97. The highest BCUT2D eigenvalue weighted by Crippen LogP contribution is 2.30. The molecule has 2 fully saturated rings. The van der Waals surface area contributed by atoms with E-state index in [1.54, 1.807) is 15.9 Å². The standard InChI is InChI=1S/C25H30N4O4/c1-18-3-5-20(6-4-18)24(30)27-13-15-28(16-14-27)25(31)22-17-21(29(32)33)7-8-23(22)26-11-9-19(2)10-12-26/h3-8,17,19H,9-16H2,1-2H3. The Balaban J connectivity index is 1.49. The van der Waals surface area contributed by atoms with Gasteiger partial charge in [0.1, 0.15) is 0 Å². The summed E-state index contributed by atoms with van der Waals surface area (Å²) in [7, 11) is 0. The van der Waals surface area contributed by atoms with Crippen LogP contribution in [0, 0.1) is 23.0 Å². The number of nitro groups is 1. The molecule has 0 aliphatic carbocycles. The number of non-ortho nitro benzene ring substituents is 1. The Morgan fingerprint density at radius 2 is 1.45 bits per heavy atom. The minimum absolute atomic E-state index is 0.0411. The van der Waals surface area contributed by atoms with E-state index in [1.807, 2.05) is 31.2 Å². The first-order valence-electron chi connectivity index (χ1n) is 11.5. The zero-order valence-electron chi connectivity index (χ0n) is 19.2. The SMILES string of the molecule is Cc1ccc(C(=O)N2CCN(C(=O)c3cc([N+](=O)[O-])ccc3N3CCC(C)CC3)CC2)cc1. The third kappa shape index (κ3) is 4.99. The average Bonchev–Trinajstić information content (AvgIpc) is 2.84. The van der Waals surface area contributed by atoms with Gasteiger partial charge in [0.2, 0.25) is 0 Å². The van der Waals surface area contributed by atoms with Crippen molar-refractivity contribution in [2.45, 2.75) is 26.7 Å². The molecule has 2 amide bonds. The number of piperazine rings is 1. The van der Waals surface area contributed by atoms with Crippen LogP contribution in [0.4, 0.5) is 11.4 Å². The molecule has 174 valence electrons. The quantitative estimate of drug-likeness (QED) is 0.523. The molecule has 0 unspecified atom stereocenters. The molecular formula is C25H30N4O4. The van der Waals surface area contributed by atoms with Crippen molar-refractivity contribution in [3.05, 3.63) is 69.3 Å². The maximum absolute atomic E-state index is 13.5. The average molecular weight is 451 g/mol. The molecule has 2 heterocycles. The molecule has 33 heavy (non-hydrogen) atoms. The summed E-state index contributed by atoms with van der Waals surface area (Å²) in [6.45, 7) is 7.52. The first kappa shape index (κ1) is 22.8. The Kier molecular flexibility index (Phi) is 6.62. The summed E-state index contributed by atoms with van der Waals surface area (Å²) in [5.41, 5.74) is 2.78. The van der Waals surface area contributed by atoms with Crippen LogP contribution in [0.3, 0.4) is 0 Å². The molecule has 0 saturated carbocycles. The minimum atomic E-state index is -0.461. The van der Waals surface area contributed by atoms with Crippen LogP contribution in [0.25, 0.3) is 0 Å². The lowest BCUT2D eigenvalue weighted by Gasteiger charge is -2.37. The second kappa shape index (κ2) is 9.60. The largest absolute Gasteiger partial charge is 0.371 e. The topological polar surface area (TPSA) is 87.0 Å².